The molecule has 4 nitrogen and oxygen atoms in total. The number of nitrogens with one attached hydrogen (secondary N) is 1. The van der Waals surface area contributed by atoms with Crippen LogP contribution in [0.15, 0.2) is 16.6 Å². The molecule has 1 unspecified atom stereocenters. The molecule has 0 aromatic heterocycles. The zero-order valence-corrected chi connectivity index (χ0v) is 15.6. The molecule has 1 atom stereocenters. The van der Waals surface area contributed by atoms with Crippen LogP contribution in [-0.4, -0.2) is 35.7 Å². The van der Waals surface area contributed by atoms with E-state index in [0.29, 0.717) is 6.54 Å². The number of amides is 1. The predicted octanol–water partition coefficient (Wildman–Crippen LogP) is 4.49. The molecule has 1 aliphatic rings. The standard InChI is InChI=1S/C17H25BrN2O2/c1-11-8-12(2)15(14(18)9-11)19-13-6-7-20(10-13)16(21)22-17(3,4)5/h8-9,13,19H,6-7,10H2,1-5H3. The second kappa shape index (κ2) is 6.49. The molecule has 22 heavy (non-hydrogen) atoms. The van der Waals surface area contributed by atoms with Crippen molar-refractivity contribution >= 4 is 27.7 Å². The molecule has 1 fully saturated rings. The lowest BCUT2D eigenvalue weighted by Gasteiger charge is -2.24. The molecular weight excluding hydrogens is 344 g/mol. The van der Waals surface area contributed by atoms with Crippen molar-refractivity contribution in [2.75, 3.05) is 18.4 Å². The summed E-state index contributed by atoms with van der Waals surface area (Å²) >= 11 is 3.62. The lowest BCUT2D eigenvalue weighted by atomic mass is 10.1. The number of carbonyl (C=O) groups excluding carboxylic acids is 1. The summed E-state index contributed by atoms with van der Waals surface area (Å²) in [5.74, 6) is 0. The number of carbonyl (C=O) groups is 1. The van der Waals surface area contributed by atoms with Gasteiger partial charge in [0.15, 0.2) is 0 Å². The van der Waals surface area contributed by atoms with Gasteiger partial charge in [0.1, 0.15) is 5.60 Å². The van der Waals surface area contributed by atoms with Gasteiger partial charge < -0.3 is 15.0 Å². The summed E-state index contributed by atoms with van der Waals surface area (Å²) in [5.41, 5.74) is 3.11. The van der Waals surface area contributed by atoms with Gasteiger partial charge in [0, 0.05) is 23.6 Å². The summed E-state index contributed by atoms with van der Waals surface area (Å²) in [5, 5.41) is 3.56. The molecule has 1 saturated heterocycles. The fraction of sp³-hybridized carbons (Fsp3) is 0.588. The Morgan fingerprint density at radius 2 is 2.05 bits per heavy atom. The molecule has 1 aliphatic heterocycles. The van der Waals surface area contributed by atoms with Crippen LogP contribution in [0, 0.1) is 13.8 Å². The van der Waals surface area contributed by atoms with Crippen molar-refractivity contribution in [1.29, 1.82) is 0 Å². The van der Waals surface area contributed by atoms with Crippen LogP contribution in [0.3, 0.4) is 0 Å². The maximum atomic E-state index is 12.1. The Balaban J connectivity index is 1.99. The van der Waals surface area contributed by atoms with Gasteiger partial charge in [-0.15, -0.1) is 0 Å². The molecule has 122 valence electrons. The summed E-state index contributed by atoms with van der Waals surface area (Å²) in [6.07, 6.45) is 0.704. The van der Waals surface area contributed by atoms with Crippen molar-refractivity contribution in [3.05, 3.63) is 27.7 Å². The van der Waals surface area contributed by atoms with Gasteiger partial charge >= 0.3 is 6.09 Å². The third-order valence-corrected chi connectivity index (χ3v) is 4.25. The van der Waals surface area contributed by atoms with E-state index in [-0.39, 0.29) is 12.1 Å². The highest BCUT2D eigenvalue weighted by Crippen LogP contribution is 2.29. The van der Waals surface area contributed by atoms with Crippen LogP contribution >= 0.6 is 15.9 Å². The Morgan fingerprint density at radius 1 is 1.36 bits per heavy atom. The second-order valence-corrected chi connectivity index (χ2v) is 7.85. The minimum Gasteiger partial charge on any atom is -0.444 e. The first-order chi connectivity index (χ1) is 10.2. The van der Waals surface area contributed by atoms with E-state index < -0.39 is 5.60 Å². The van der Waals surface area contributed by atoms with Gasteiger partial charge in [-0.1, -0.05) is 6.07 Å². The number of halogens is 1. The number of hydrogen-bond donors (Lipinski definition) is 1. The van der Waals surface area contributed by atoms with Gasteiger partial charge in [0.2, 0.25) is 0 Å². The molecule has 0 spiro atoms. The minimum atomic E-state index is -0.445. The number of ether oxygens (including phenoxy) is 1. The van der Waals surface area contributed by atoms with Gasteiger partial charge in [-0.25, -0.2) is 4.79 Å². The number of likely N-dealkylation sites (tertiary alicyclic amines) is 1. The van der Waals surface area contributed by atoms with Crippen molar-refractivity contribution in [3.63, 3.8) is 0 Å². The van der Waals surface area contributed by atoms with Crippen molar-refractivity contribution in [2.24, 2.45) is 0 Å². The quantitative estimate of drug-likeness (QED) is 0.835. The van der Waals surface area contributed by atoms with Crippen molar-refractivity contribution < 1.29 is 9.53 Å². The first-order valence-corrected chi connectivity index (χ1v) is 8.46. The average molecular weight is 369 g/mol. The molecule has 0 bridgehead atoms. The van der Waals surface area contributed by atoms with Gasteiger partial charge in [0.25, 0.3) is 0 Å². The van der Waals surface area contributed by atoms with Gasteiger partial charge in [-0.2, -0.15) is 0 Å². The molecule has 1 aromatic carbocycles. The van der Waals surface area contributed by atoms with E-state index in [0.717, 1.165) is 23.1 Å². The molecule has 0 saturated carbocycles. The van der Waals surface area contributed by atoms with Crippen molar-refractivity contribution in [1.82, 2.24) is 4.90 Å². The lowest BCUT2D eigenvalue weighted by Crippen LogP contribution is -2.36. The van der Waals surface area contributed by atoms with Gasteiger partial charge in [0.05, 0.1) is 5.69 Å². The van der Waals surface area contributed by atoms with E-state index in [1.54, 1.807) is 4.90 Å². The molecule has 1 amide bonds. The summed E-state index contributed by atoms with van der Waals surface area (Å²) < 4.78 is 6.50. The number of anilines is 1. The average Bonchev–Trinajstić information content (AvgIpc) is 2.80. The van der Waals surface area contributed by atoms with Crippen LogP contribution in [0.25, 0.3) is 0 Å². The molecule has 1 aromatic rings. The molecule has 0 radical (unpaired) electrons. The lowest BCUT2D eigenvalue weighted by molar-refractivity contribution is 0.0293. The van der Waals surface area contributed by atoms with E-state index >= 15 is 0 Å². The molecule has 1 heterocycles. The van der Waals surface area contributed by atoms with Crippen LogP contribution in [0.2, 0.25) is 0 Å². The van der Waals surface area contributed by atoms with Crippen LogP contribution in [0.1, 0.15) is 38.3 Å². The topological polar surface area (TPSA) is 41.6 Å². The molecule has 0 aliphatic carbocycles. The van der Waals surface area contributed by atoms with Crippen LogP contribution in [0.4, 0.5) is 10.5 Å². The monoisotopic (exact) mass is 368 g/mol. The van der Waals surface area contributed by atoms with E-state index in [1.165, 1.54) is 11.1 Å². The Morgan fingerprint density at radius 3 is 2.64 bits per heavy atom. The molecule has 2 rings (SSSR count). The van der Waals surface area contributed by atoms with Gasteiger partial charge in [-0.3, -0.25) is 0 Å². The number of nitrogens with zero attached hydrogens (tertiary/aromatic N) is 1. The third kappa shape index (κ3) is 4.38. The SMILES string of the molecule is Cc1cc(C)c(NC2CCN(C(=O)OC(C)(C)C)C2)c(Br)c1. The fourth-order valence-corrected chi connectivity index (χ4v) is 3.46. The Kier molecular flexibility index (Phi) is 5.05. The first-order valence-electron chi connectivity index (χ1n) is 7.67. The maximum absolute atomic E-state index is 12.1. The Labute approximate surface area is 141 Å². The predicted molar refractivity (Wildman–Crippen MR) is 93.5 cm³/mol. The van der Waals surface area contributed by atoms with Crippen LogP contribution in [-0.2, 0) is 4.74 Å². The first kappa shape index (κ1) is 17.1. The smallest absolute Gasteiger partial charge is 0.410 e. The fourth-order valence-electron chi connectivity index (χ4n) is 2.67. The van der Waals surface area contributed by atoms with Crippen molar-refractivity contribution in [3.8, 4) is 0 Å². The molecule has 1 N–H and O–H groups in total. The Bertz CT molecular complexity index is 543. The number of rotatable bonds is 2. The van der Waals surface area contributed by atoms with Gasteiger partial charge in [-0.05, 0) is 74.2 Å². The van der Waals surface area contributed by atoms with Crippen LogP contribution in [0.5, 0.6) is 0 Å². The summed E-state index contributed by atoms with van der Waals surface area (Å²) in [7, 11) is 0. The number of aryl methyl sites for hydroxylation is 2. The van der Waals surface area contributed by atoms with E-state index in [9.17, 15) is 4.79 Å². The summed E-state index contributed by atoms with van der Waals surface area (Å²) in [6, 6.07) is 4.52. The highest BCUT2D eigenvalue weighted by atomic mass is 79.9. The molecule has 5 heteroatoms. The highest BCUT2D eigenvalue weighted by Gasteiger charge is 2.30. The zero-order valence-electron chi connectivity index (χ0n) is 14.0. The Hall–Kier alpha value is -1.23. The van der Waals surface area contributed by atoms with E-state index in [4.69, 9.17) is 4.74 Å². The summed E-state index contributed by atoms with van der Waals surface area (Å²) in [4.78, 5) is 13.9. The van der Waals surface area contributed by atoms with E-state index in [1.807, 2.05) is 20.8 Å². The molecular formula is C17H25BrN2O2. The maximum Gasteiger partial charge on any atom is 0.410 e. The number of benzene rings is 1. The second-order valence-electron chi connectivity index (χ2n) is 6.99. The highest BCUT2D eigenvalue weighted by molar-refractivity contribution is 9.10. The van der Waals surface area contributed by atoms with Crippen LogP contribution < -0.4 is 5.32 Å². The van der Waals surface area contributed by atoms with Crippen molar-refractivity contribution in [2.45, 2.75) is 52.7 Å². The zero-order chi connectivity index (χ0) is 16.5. The summed E-state index contributed by atoms with van der Waals surface area (Å²) in [6.45, 7) is 11.3. The minimum absolute atomic E-state index is 0.225. The third-order valence-electron chi connectivity index (χ3n) is 3.62. The largest absolute Gasteiger partial charge is 0.444 e. The normalized spacial score (nSPS) is 18.5. The number of hydrogen-bond acceptors (Lipinski definition) is 3. The van der Waals surface area contributed by atoms with E-state index in [2.05, 4.69) is 47.2 Å².